The molecule has 0 aliphatic rings. The van der Waals surface area contributed by atoms with Crippen LogP contribution in [0.2, 0.25) is 0 Å². The lowest BCUT2D eigenvalue weighted by Crippen LogP contribution is -2.09. The number of ketones is 1. The van der Waals surface area contributed by atoms with Gasteiger partial charge in [-0.15, -0.1) is 6.58 Å². The zero-order valence-electron chi connectivity index (χ0n) is 17.2. The number of Topliss-reactive ketones (excluding diaryl/α,β-unsaturated/α-hetero) is 1. The molecule has 0 radical (unpaired) electrons. The topological polar surface area (TPSA) is 51.8 Å². The van der Waals surface area contributed by atoms with Crippen molar-refractivity contribution in [1.29, 1.82) is 0 Å². The number of allylic oxidation sites excluding steroid dienone is 2. The zero-order valence-corrected chi connectivity index (χ0v) is 17.2. The SMILES string of the molecule is C=CC/C(C)=N\c1c(C(=C)CC(=C)CCOCCC)oc(C(C)=O)c1C(F)(F)F. The minimum atomic E-state index is -4.80. The van der Waals surface area contributed by atoms with Gasteiger partial charge in [-0.25, -0.2) is 0 Å². The molecule has 0 saturated heterocycles. The highest BCUT2D eigenvalue weighted by molar-refractivity contribution is 5.97. The molecule has 7 heteroatoms. The van der Waals surface area contributed by atoms with Crippen molar-refractivity contribution in [3.05, 3.63) is 48.5 Å². The second-order valence-electron chi connectivity index (χ2n) is 6.77. The monoisotopic (exact) mass is 411 g/mol. The van der Waals surface area contributed by atoms with Crippen molar-refractivity contribution >= 4 is 22.8 Å². The van der Waals surface area contributed by atoms with Gasteiger partial charge in [0.15, 0.2) is 17.3 Å². The molecule has 160 valence electrons. The summed E-state index contributed by atoms with van der Waals surface area (Å²) in [5.41, 5.74) is -0.197. The summed E-state index contributed by atoms with van der Waals surface area (Å²) in [4.78, 5) is 15.9. The van der Waals surface area contributed by atoms with E-state index in [-0.39, 0.29) is 17.8 Å². The Morgan fingerprint density at radius 1 is 1.21 bits per heavy atom. The first-order valence-corrected chi connectivity index (χ1v) is 9.35. The minimum Gasteiger partial charge on any atom is -0.450 e. The van der Waals surface area contributed by atoms with Crippen LogP contribution in [0, 0.1) is 0 Å². The lowest BCUT2D eigenvalue weighted by molar-refractivity contribution is -0.137. The van der Waals surface area contributed by atoms with Gasteiger partial charge in [0.25, 0.3) is 0 Å². The predicted molar refractivity (Wildman–Crippen MR) is 110 cm³/mol. The van der Waals surface area contributed by atoms with Crippen molar-refractivity contribution in [2.45, 2.75) is 52.6 Å². The van der Waals surface area contributed by atoms with E-state index in [1.165, 1.54) is 6.08 Å². The van der Waals surface area contributed by atoms with E-state index in [1.54, 1.807) is 6.92 Å². The van der Waals surface area contributed by atoms with Crippen LogP contribution in [0.15, 0.2) is 40.8 Å². The number of nitrogens with zero attached hydrogens (tertiary/aromatic N) is 1. The van der Waals surface area contributed by atoms with Crippen LogP contribution in [-0.2, 0) is 10.9 Å². The summed E-state index contributed by atoms with van der Waals surface area (Å²) in [5.74, 6) is -1.75. The second-order valence-corrected chi connectivity index (χ2v) is 6.77. The van der Waals surface area contributed by atoms with Crippen LogP contribution in [0.4, 0.5) is 18.9 Å². The summed E-state index contributed by atoms with van der Waals surface area (Å²) in [6, 6.07) is 0. The van der Waals surface area contributed by atoms with Crippen LogP contribution < -0.4 is 0 Å². The summed E-state index contributed by atoms with van der Waals surface area (Å²) in [5, 5.41) is 0. The standard InChI is InChI=1S/C22H28F3NO3/c1-7-9-16(5)26-19-18(22(23,24)25)21(17(6)27)29-20(19)15(4)13-14(3)10-12-28-11-8-2/h7H,1,3-4,8-13H2,2,5-6H3/b26-16-. The Morgan fingerprint density at radius 2 is 1.86 bits per heavy atom. The van der Waals surface area contributed by atoms with Gasteiger partial charge in [0.05, 0.1) is 6.61 Å². The fraction of sp³-hybridized carbons (Fsp3) is 0.455. The maximum Gasteiger partial charge on any atom is 0.422 e. The van der Waals surface area contributed by atoms with Gasteiger partial charge in [0.2, 0.25) is 0 Å². The van der Waals surface area contributed by atoms with Gasteiger partial charge in [-0.3, -0.25) is 9.79 Å². The Labute approximate surface area is 169 Å². The fourth-order valence-electron chi connectivity index (χ4n) is 2.66. The van der Waals surface area contributed by atoms with E-state index < -0.39 is 29.0 Å². The molecule has 0 unspecified atom stereocenters. The largest absolute Gasteiger partial charge is 0.450 e. The number of ether oxygens (including phenoxy) is 1. The maximum atomic E-state index is 13.7. The molecule has 1 rings (SSSR count). The molecule has 0 amide bonds. The molecule has 0 atom stereocenters. The van der Waals surface area contributed by atoms with Crippen LogP contribution in [-0.4, -0.2) is 24.7 Å². The van der Waals surface area contributed by atoms with Gasteiger partial charge in [-0.05, 0) is 31.8 Å². The van der Waals surface area contributed by atoms with E-state index in [9.17, 15) is 18.0 Å². The van der Waals surface area contributed by atoms with E-state index in [4.69, 9.17) is 9.15 Å². The molecule has 0 spiro atoms. The third kappa shape index (κ3) is 7.16. The highest BCUT2D eigenvalue weighted by atomic mass is 19.4. The first-order chi connectivity index (χ1) is 13.5. The highest BCUT2D eigenvalue weighted by Gasteiger charge is 2.42. The maximum absolute atomic E-state index is 13.7. The zero-order chi connectivity index (χ0) is 22.2. The Hall–Kier alpha value is -2.41. The lowest BCUT2D eigenvalue weighted by Gasteiger charge is -2.10. The van der Waals surface area contributed by atoms with Crippen molar-refractivity contribution in [2.24, 2.45) is 4.99 Å². The lowest BCUT2D eigenvalue weighted by atomic mass is 10.0. The molecule has 0 aliphatic heterocycles. The summed E-state index contributed by atoms with van der Waals surface area (Å²) in [7, 11) is 0. The fourth-order valence-corrected chi connectivity index (χ4v) is 2.66. The quantitative estimate of drug-likeness (QED) is 0.162. The molecule has 29 heavy (non-hydrogen) atoms. The van der Waals surface area contributed by atoms with E-state index in [1.807, 2.05) is 6.92 Å². The highest BCUT2D eigenvalue weighted by Crippen LogP contribution is 2.46. The van der Waals surface area contributed by atoms with Gasteiger partial charge in [0, 0.05) is 25.7 Å². The number of carbonyl (C=O) groups excluding carboxylic acids is 1. The Kier molecular flexibility index (Phi) is 9.30. The van der Waals surface area contributed by atoms with Gasteiger partial charge >= 0.3 is 6.18 Å². The van der Waals surface area contributed by atoms with Gasteiger partial charge in [-0.1, -0.05) is 31.7 Å². The van der Waals surface area contributed by atoms with Gasteiger partial charge in [-0.2, -0.15) is 13.2 Å². The summed E-state index contributed by atoms with van der Waals surface area (Å²) in [6.45, 7) is 17.0. The summed E-state index contributed by atoms with van der Waals surface area (Å²) < 4.78 is 51.9. The minimum absolute atomic E-state index is 0.151. The molecule has 1 aromatic rings. The van der Waals surface area contributed by atoms with Crippen LogP contribution in [0.1, 0.15) is 68.3 Å². The van der Waals surface area contributed by atoms with Crippen LogP contribution >= 0.6 is 0 Å². The number of hydrogen-bond donors (Lipinski definition) is 0. The second kappa shape index (κ2) is 11.0. The number of alkyl halides is 3. The van der Waals surface area contributed by atoms with Crippen molar-refractivity contribution in [3.63, 3.8) is 0 Å². The molecule has 0 N–H and O–H groups in total. The van der Waals surface area contributed by atoms with Crippen molar-refractivity contribution < 1.29 is 27.1 Å². The first kappa shape index (κ1) is 24.6. The van der Waals surface area contributed by atoms with E-state index in [0.29, 0.717) is 31.8 Å². The Bertz CT molecular complexity index is 801. The molecule has 1 aromatic heterocycles. The number of hydrogen-bond acceptors (Lipinski definition) is 4. The third-order valence-electron chi connectivity index (χ3n) is 3.96. The van der Waals surface area contributed by atoms with Crippen molar-refractivity contribution in [3.8, 4) is 0 Å². The number of carbonyl (C=O) groups is 1. The summed E-state index contributed by atoms with van der Waals surface area (Å²) in [6.07, 6.45) is -1.33. The molecule has 0 saturated carbocycles. The third-order valence-corrected chi connectivity index (χ3v) is 3.96. The molecular weight excluding hydrogens is 383 g/mol. The van der Waals surface area contributed by atoms with Gasteiger partial charge in [0.1, 0.15) is 11.3 Å². The van der Waals surface area contributed by atoms with Crippen LogP contribution in [0.25, 0.3) is 5.57 Å². The molecule has 0 aromatic carbocycles. The van der Waals surface area contributed by atoms with Crippen LogP contribution in [0.3, 0.4) is 0 Å². The van der Waals surface area contributed by atoms with Gasteiger partial charge < -0.3 is 9.15 Å². The molecule has 1 heterocycles. The Balaban J connectivity index is 3.32. The van der Waals surface area contributed by atoms with Crippen molar-refractivity contribution in [2.75, 3.05) is 13.2 Å². The van der Waals surface area contributed by atoms with E-state index in [2.05, 4.69) is 24.7 Å². The normalized spacial score (nSPS) is 12.1. The number of furan rings is 1. The average Bonchev–Trinajstić information content (AvgIpc) is 2.98. The number of aliphatic imine (C=N–C) groups is 1. The number of halogens is 3. The molecule has 4 nitrogen and oxygen atoms in total. The molecule has 0 fully saturated rings. The molecular formula is C22H28F3NO3. The van der Waals surface area contributed by atoms with Crippen LogP contribution in [0.5, 0.6) is 0 Å². The summed E-state index contributed by atoms with van der Waals surface area (Å²) >= 11 is 0. The smallest absolute Gasteiger partial charge is 0.422 e. The first-order valence-electron chi connectivity index (χ1n) is 9.35. The van der Waals surface area contributed by atoms with E-state index >= 15 is 0 Å². The van der Waals surface area contributed by atoms with Crippen molar-refractivity contribution in [1.82, 2.24) is 0 Å². The average molecular weight is 411 g/mol. The molecule has 0 bridgehead atoms. The predicted octanol–water partition coefficient (Wildman–Crippen LogP) is 6.95. The van der Waals surface area contributed by atoms with E-state index in [0.717, 1.165) is 18.9 Å². The molecule has 0 aliphatic carbocycles. The Morgan fingerprint density at radius 3 is 2.38 bits per heavy atom. The number of rotatable bonds is 12.